The Bertz CT molecular complexity index is 1510. The predicted molar refractivity (Wildman–Crippen MR) is 143 cm³/mol. The largest absolute Gasteiger partial charge is 0.279 e. The van der Waals surface area contributed by atoms with E-state index in [0.717, 1.165) is 4.78 Å². The van der Waals surface area contributed by atoms with E-state index >= 15 is 0 Å². The number of benzene rings is 3. The molecule has 3 aromatic rings. The summed E-state index contributed by atoms with van der Waals surface area (Å²) < 4.78 is 60.3. The van der Waals surface area contributed by atoms with E-state index in [1.807, 2.05) is 0 Å². The molecule has 0 aliphatic heterocycles. The number of hydrogen-bond donors (Lipinski definition) is 2. The van der Waals surface area contributed by atoms with Crippen molar-refractivity contribution in [3.8, 4) is 0 Å². The third kappa shape index (κ3) is 6.28. The number of hydrazine groups is 2. The lowest BCUT2D eigenvalue weighted by atomic mass is 10.1. The van der Waals surface area contributed by atoms with Gasteiger partial charge in [0, 0.05) is 43.0 Å². The molecule has 0 bridgehead atoms. The summed E-state index contributed by atoms with van der Waals surface area (Å²) >= 11 is 5.95. The zero-order valence-corrected chi connectivity index (χ0v) is 22.6. The molecule has 210 valence electrons. The second-order valence-electron chi connectivity index (χ2n) is 8.12. The SMILES string of the molecule is CN(NCCc1cccc([N+](=O)[O-])c1)P(=S)(c1ccccc1)N(C)NC(=O)c1c(F)c(F)c(N=[N+]=[N-])c(F)c1F. The minimum atomic E-state index is -3.20. The molecule has 0 fully saturated rings. The van der Waals surface area contributed by atoms with Crippen LogP contribution in [0, 0.1) is 33.4 Å². The second kappa shape index (κ2) is 13.0. The molecule has 11 nitrogen and oxygen atoms in total. The van der Waals surface area contributed by atoms with Crippen molar-refractivity contribution in [3.63, 3.8) is 0 Å². The first-order chi connectivity index (χ1) is 18.9. The highest BCUT2D eigenvalue weighted by Gasteiger charge is 2.34. The molecular weight excluding hydrogens is 575 g/mol. The summed E-state index contributed by atoms with van der Waals surface area (Å²) in [5.74, 6) is -9.72. The lowest BCUT2D eigenvalue weighted by Crippen LogP contribution is -2.47. The van der Waals surface area contributed by atoms with Gasteiger partial charge in [0.15, 0.2) is 23.3 Å². The van der Waals surface area contributed by atoms with E-state index < -0.39 is 51.7 Å². The molecular formula is C23H21F4N8O3PS. The lowest BCUT2D eigenvalue weighted by Gasteiger charge is -2.39. The Morgan fingerprint density at radius 1 is 1.05 bits per heavy atom. The molecule has 0 aliphatic carbocycles. The smallest absolute Gasteiger partial charge is 0.272 e. The van der Waals surface area contributed by atoms with Crippen molar-refractivity contribution in [2.24, 2.45) is 5.11 Å². The van der Waals surface area contributed by atoms with Gasteiger partial charge in [-0.05, 0) is 17.5 Å². The number of nitrogens with one attached hydrogen (secondary N) is 2. The average molecular weight is 597 g/mol. The minimum absolute atomic E-state index is 0.0671. The Hall–Kier alpha value is -3.91. The Balaban J connectivity index is 1.88. The number of rotatable bonds is 11. The van der Waals surface area contributed by atoms with Crippen molar-refractivity contribution in [2.75, 3.05) is 20.6 Å². The van der Waals surface area contributed by atoms with Gasteiger partial charge >= 0.3 is 0 Å². The Kier molecular flexibility index (Phi) is 9.93. The number of carbonyl (C=O) groups excluding carboxylic acids is 1. The van der Waals surface area contributed by atoms with Gasteiger partial charge in [-0.25, -0.2) is 23.0 Å². The molecule has 1 amide bonds. The summed E-state index contributed by atoms with van der Waals surface area (Å²) in [6.07, 6.45) is -2.84. The first kappa shape index (κ1) is 30.6. The first-order valence-corrected chi connectivity index (χ1v) is 14.0. The van der Waals surface area contributed by atoms with Gasteiger partial charge in [-0.2, -0.15) is 9.56 Å². The van der Waals surface area contributed by atoms with Gasteiger partial charge in [0.2, 0.25) is 0 Å². The number of non-ortho nitro benzene ring substituents is 1. The highest BCUT2D eigenvalue weighted by atomic mass is 32.4. The molecule has 3 rings (SSSR count). The molecule has 0 heterocycles. The van der Waals surface area contributed by atoms with Crippen LogP contribution in [0.15, 0.2) is 59.7 Å². The fraction of sp³-hybridized carbons (Fsp3) is 0.174. The summed E-state index contributed by atoms with van der Waals surface area (Å²) in [5.41, 5.74) is 11.2. The summed E-state index contributed by atoms with van der Waals surface area (Å²) in [4.78, 5) is 25.5. The Morgan fingerprint density at radius 2 is 1.68 bits per heavy atom. The molecule has 2 N–H and O–H groups in total. The first-order valence-electron chi connectivity index (χ1n) is 11.3. The Labute approximate surface area is 230 Å². The van der Waals surface area contributed by atoms with Crippen LogP contribution in [-0.2, 0) is 18.2 Å². The van der Waals surface area contributed by atoms with Gasteiger partial charge in [0.25, 0.3) is 11.6 Å². The van der Waals surface area contributed by atoms with Crippen LogP contribution in [0.5, 0.6) is 0 Å². The monoisotopic (exact) mass is 596 g/mol. The van der Waals surface area contributed by atoms with Gasteiger partial charge in [0.1, 0.15) is 17.6 Å². The van der Waals surface area contributed by atoms with Gasteiger partial charge in [-0.3, -0.25) is 20.3 Å². The zero-order chi connectivity index (χ0) is 29.6. The number of nitro groups is 1. The number of halogens is 4. The van der Waals surface area contributed by atoms with Gasteiger partial charge in [-0.1, -0.05) is 59.4 Å². The third-order valence-corrected chi connectivity index (χ3v) is 10.6. The fourth-order valence-corrected chi connectivity index (χ4v) is 6.51. The molecule has 0 radical (unpaired) electrons. The maximum absolute atomic E-state index is 14.6. The maximum atomic E-state index is 14.6. The average Bonchev–Trinajstić information content (AvgIpc) is 2.94. The number of nitrogens with zero attached hydrogens (tertiary/aromatic N) is 6. The quantitative estimate of drug-likeness (QED) is 0.0465. The fourth-order valence-electron chi connectivity index (χ4n) is 3.68. The summed E-state index contributed by atoms with van der Waals surface area (Å²) in [6, 6.07) is 14.5. The summed E-state index contributed by atoms with van der Waals surface area (Å²) in [7, 11) is 2.89. The van der Waals surface area contributed by atoms with Crippen molar-refractivity contribution in [2.45, 2.75) is 6.42 Å². The Morgan fingerprint density at radius 3 is 2.25 bits per heavy atom. The maximum Gasteiger partial charge on any atom is 0.272 e. The molecule has 0 aliphatic rings. The van der Waals surface area contributed by atoms with Crippen molar-refractivity contribution < 1.29 is 27.3 Å². The van der Waals surface area contributed by atoms with Crippen LogP contribution in [0.25, 0.3) is 10.4 Å². The minimum Gasteiger partial charge on any atom is -0.279 e. The molecule has 0 spiro atoms. The number of hydrogen-bond acceptors (Lipinski definition) is 6. The van der Waals surface area contributed by atoms with Crippen molar-refractivity contribution >= 4 is 40.7 Å². The molecule has 40 heavy (non-hydrogen) atoms. The van der Waals surface area contributed by atoms with E-state index in [2.05, 4.69) is 20.9 Å². The topological polar surface area (TPSA) is 140 Å². The zero-order valence-electron chi connectivity index (χ0n) is 20.9. The molecule has 3 aromatic carbocycles. The van der Waals surface area contributed by atoms with Crippen LogP contribution in [0.3, 0.4) is 0 Å². The third-order valence-electron chi connectivity index (χ3n) is 5.66. The van der Waals surface area contributed by atoms with E-state index in [9.17, 15) is 32.5 Å². The van der Waals surface area contributed by atoms with Crippen molar-refractivity contribution in [3.05, 3.63) is 110 Å². The normalized spacial score (nSPS) is 12.6. The molecule has 1 atom stereocenters. The van der Waals surface area contributed by atoms with E-state index in [1.54, 1.807) is 49.5 Å². The van der Waals surface area contributed by atoms with Crippen LogP contribution in [-0.4, -0.2) is 41.0 Å². The lowest BCUT2D eigenvalue weighted by molar-refractivity contribution is -0.384. The van der Waals surface area contributed by atoms with Gasteiger partial charge in [-0.15, -0.1) is 0 Å². The molecule has 1 unspecified atom stereocenters. The van der Waals surface area contributed by atoms with Crippen LogP contribution in [0.1, 0.15) is 15.9 Å². The molecule has 0 saturated heterocycles. The van der Waals surface area contributed by atoms with E-state index in [4.69, 9.17) is 17.3 Å². The highest BCUT2D eigenvalue weighted by molar-refractivity contribution is 8.15. The second-order valence-corrected chi connectivity index (χ2v) is 12.5. The van der Waals surface area contributed by atoms with Crippen LogP contribution >= 0.6 is 6.34 Å². The molecule has 0 aromatic heterocycles. The van der Waals surface area contributed by atoms with Crippen molar-refractivity contribution in [1.29, 1.82) is 0 Å². The van der Waals surface area contributed by atoms with E-state index in [0.29, 0.717) is 17.3 Å². The number of azide groups is 1. The number of amides is 1. The van der Waals surface area contributed by atoms with Crippen LogP contribution < -0.4 is 16.2 Å². The number of nitro benzene ring substituents is 1. The summed E-state index contributed by atoms with van der Waals surface area (Å²) in [5, 5.41) is 14.2. The van der Waals surface area contributed by atoms with E-state index in [1.165, 1.54) is 24.0 Å². The van der Waals surface area contributed by atoms with Gasteiger partial charge in [0.05, 0.1) is 4.92 Å². The predicted octanol–water partition coefficient (Wildman–Crippen LogP) is 4.98. The van der Waals surface area contributed by atoms with Crippen LogP contribution in [0.4, 0.5) is 28.9 Å². The highest BCUT2D eigenvalue weighted by Crippen LogP contribution is 2.48. The molecule has 0 saturated carbocycles. The molecule has 17 heteroatoms. The van der Waals surface area contributed by atoms with Gasteiger partial charge < -0.3 is 0 Å². The van der Waals surface area contributed by atoms with Crippen LogP contribution in [0.2, 0.25) is 0 Å². The van der Waals surface area contributed by atoms with E-state index in [-0.39, 0.29) is 12.2 Å². The summed E-state index contributed by atoms with van der Waals surface area (Å²) in [6.45, 7) is 0.255. The van der Waals surface area contributed by atoms with Crippen molar-refractivity contribution in [1.82, 2.24) is 20.4 Å². The number of carbonyl (C=O) groups is 1. The standard InChI is InChI=1S/C23H21F4N8O3PS/c1-33(29-12-11-14-7-6-8-15(13-14)35(37)38)39(40,16-9-4-3-5-10-16)34(2)31-23(36)17-18(24)20(26)22(30-32-28)21(27)19(17)25/h3-10,13,29H,11-12H2,1-2H3,(H,31,36).